The number of amides is 1. The fourth-order valence-corrected chi connectivity index (χ4v) is 3.70. The Morgan fingerprint density at radius 2 is 2.07 bits per heavy atom. The molecule has 6 heteroatoms. The number of nitrogens with one attached hydrogen (secondary N) is 2. The van der Waals surface area contributed by atoms with E-state index in [2.05, 4.69) is 15.8 Å². The maximum Gasteiger partial charge on any atom is 0.220 e. The molecule has 0 spiro atoms. The van der Waals surface area contributed by atoms with E-state index in [0.717, 1.165) is 56.0 Å². The Hall–Kier alpha value is -2.34. The van der Waals surface area contributed by atoms with Crippen molar-refractivity contribution in [3.8, 4) is 5.75 Å². The van der Waals surface area contributed by atoms with Crippen molar-refractivity contribution >= 4 is 5.91 Å². The number of carbonyl (C=O) groups is 1. The Morgan fingerprint density at radius 1 is 1.22 bits per heavy atom. The normalized spacial score (nSPS) is 22.4. The van der Waals surface area contributed by atoms with Crippen molar-refractivity contribution in [3.63, 3.8) is 0 Å². The Labute approximate surface area is 159 Å². The SMILES string of the molecule is O=C(C[C@@H]1CCNC[C@@H]1Cc1cc(COc2ccccc2)on1)NC1CC1. The zero-order chi connectivity index (χ0) is 18.5. The van der Waals surface area contributed by atoms with Gasteiger partial charge in [-0.2, -0.15) is 0 Å². The number of aromatic nitrogens is 1. The number of piperidine rings is 1. The van der Waals surface area contributed by atoms with E-state index in [4.69, 9.17) is 9.26 Å². The average molecular weight is 369 g/mol. The quantitative estimate of drug-likeness (QED) is 0.748. The summed E-state index contributed by atoms with van der Waals surface area (Å²) in [5.41, 5.74) is 0.933. The minimum atomic E-state index is 0.200. The van der Waals surface area contributed by atoms with Crippen LogP contribution < -0.4 is 15.4 Å². The fourth-order valence-electron chi connectivity index (χ4n) is 3.70. The summed E-state index contributed by atoms with van der Waals surface area (Å²) in [4.78, 5) is 12.2. The lowest BCUT2D eigenvalue weighted by atomic mass is 9.81. The van der Waals surface area contributed by atoms with E-state index in [1.165, 1.54) is 0 Å². The van der Waals surface area contributed by atoms with Crippen LogP contribution in [0, 0.1) is 11.8 Å². The van der Waals surface area contributed by atoms with Gasteiger partial charge in [0.2, 0.25) is 5.91 Å². The summed E-state index contributed by atoms with van der Waals surface area (Å²) in [6.45, 7) is 2.27. The molecule has 1 amide bonds. The molecule has 27 heavy (non-hydrogen) atoms. The van der Waals surface area contributed by atoms with Crippen molar-refractivity contribution in [3.05, 3.63) is 47.9 Å². The summed E-state index contributed by atoms with van der Waals surface area (Å²) in [6.07, 6.45) is 4.74. The molecular weight excluding hydrogens is 342 g/mol. The summed E-state index contributed by atoms with van der Waals surface area (Å²) in [7, 11) is 0. The first-order valence-electron chi connectivity index (χ1n) is 9.88. The van der Waals surface area contributed by atoms with Crippen LogP contribution in [-0.4, -0.2) is 30.2 Å². The van der Waals surface area contributed by atoms with Gasteiger partial charge in [-0.15, -0.1) is 0 Å². The molecule has 1 saturated carbocycles. The highest BCUT2D eigenvalue weighted by molar-refractivity contribution is 5.76. The zero-order valence-corrected chi connectivity index (χ0v) is 15.5. The fraction of sp³-hybridized carbons (Fsp3) is 0.524. The molecule has 0 radical (unpaired) electrons. The smallest absolute Gasteiger partial charge is 0.220 e. The average Bonchev–Trinajstić information content (AvgIpc) is 3.38. The first-order chi connectivity index (χ1) is 13.3. The van der Waals surface area contributed by atoms with Crippen molar-refractivity contribution in [1.29, 1.82) is 0 Å². The minimum absolute atomic E-state index is 0.200. The predicted octanol–water partition coefficient (Wildman–Crippen LogP) is 2.69. The van der Waals surface area contributed by atoms with Gasteiger partial charge in [0.15, 0.2) is 5.76 Å². The van der Waals surface area contributed by atoms with Crippen molar-refractivity contribution < 1.29 is 14.1 Å². The van der Waals surface area contributed by atoms with Crippen LogP contribution in [0.4, 0.5) is 0 Å². The van der Waals surface area contributed by atoms with Crippen molar-refractivity contribution in [2.24, 2.45) is 11.8 Å². The van der Waals surface area contributed by atoms with Gasteiger partial charge in [0, 0.05) is 18.5 Å². The van der Waals surface area contributed by atoms with Gasteiger partial charge in [0.05, 0.1) is 5.69 Å². The zero-order valence-electron chi connectivity index (χ0n) is 15.5. The largest absolute Gasteiger partial charge is 0.486 e. The highest BCUT2D eigenvalue weighted by atomic mass is 16.5. The summed E-state index contributed by atoms with van der Waals surface area (Å²) in [5.74, 6) is 2.53. The molecule has 0 unspecified atom stereocenters. The summed E-state index contributed by atoms with van der Waals surface area (Å²) < 4.78 is 11.1. The maximum atomic E-state index is 12.2. The van der Waals surface area contributed by atoms with E-state index in [-0.39, 0.29) is 5.91 Å². The lowest BCUT2D eigenvalue weighted by Gasteiger charge is -2.31. The lowest BCUT2D eigenvalue weighted by molar-refractivity contribution is -0.122. The molecule has 4 rings (SSSR count). The number of nitrogens with zero attached hydrogens (tertiary/aromatic N) is 1. The standard InChI is InChI=1S/C21H27N3O3/c25-21(23-17-6-7-17)11-15-8-9-22-13-16(15)10-18-12-20(27-24-18)14-26-19-4-2-1-3-5-19/h1-5,12,15-17,22H,6-11,13-14H2,(H,23,25)/t15-,16-/m0/s1. The molecule has 1 aliphatic carbocycles. The molecule has 2 fully saturated rings. The molecule has 1 aliphatic heterocycles. The first kappa shape index (κ1) is 18.0. The second-order valence-electron chi connectivity index (χ2n) is 7.65. The van der Waals surface area contributed by atoms with Gasteiger partial charge in [0.25, 0.3) is 0 Å². The van der Waals surface area contributed by atoms with Gasteiger partial charge < -0.3 is 19.9 Å². The van der Waals surface area contributed by atoms with Gasteiger partial charge in [-0.1, -0.05) is 23.4 Å². The lowest BCUT2D eigenvalue weighted by Crippen LogP contribution is -2.40. The summed E-state index contributed by atoms with van der Waals surface area (Å²) in [6, 6.07) is 12.1. The molecule has 144 valence electrons. The second kappa shape index (κ2) is 8.57. The maximum absolute atomic E-state index is 12.2. The van der Waals surface area contributed by atoms with E-state index >= 15 is 0 Å². The Balaban J connectivity index is 1.30. The third-order valence-electron chi connectivity index (χ3n) is 5.36. The monoisotopic (exact) mass is 369 g/mol. The topological polar surface area (TPSA) is 76.4 Å². The molecule has 2 aromatic rings. The number of para-hydroxylation sites is 1. The molecule has 2 N–H and O–H groups in total. The molecule has 0 bridgehead atoms. The van der Waals surface area contributed by atoms with Crippen LogP contribution >= 0.6 is 0 Å². The molecule has 2 heterocycles. The van der Waals surface area contributed by atoms with Crippen molar-refractivity contribution in [2.75, 3.05) is 13.1 Å². The van der Waals surface area contributed by atoms with E-state index in [1.54, 1.807) is 0 Å². The molecule has 1 aromatic carbocycles. The van der Waals surface area contributed by atoms with Crippen LogP contribution in [-0.2, 0) is 17.8 Å². The van der Waals surface area contributed by atoms with Gasteiger partial charge >= 0.3 is 0 Å². The molecule has 6 nitrogen and oxygen atoms in total. The van der Waals surface area contributed by atoms with Crippen LogP contribution in [0.25, 0.3) is 0 Å². The van der Waals surface area contributed by atoms with Gasteiger partial charge in [-0.25, -0.2) is 0 Å². The van der Waals surface area contributed by atoms with Crippen LogP contribution in [0.15, 0.2) is 40.9 Å². The highest BCUT2D eigenvalue weighted by Gasteiger charge is 2.30. The third kappa shape index (κ3) is 5.32. The molecule has 1 saturated heterocycles. The number of ether oxygens (including phenoxy) is 1. The molecular formula is C21H27N3O3. The Morgan fingerprint density at radius 3 is 2.89 bits per heavy atom. The van der Waals surface area contributed by atoms with Crippen molar-refractivity contribution in [2.45, 2.75) is 44.8 Å². The Kier molecular flexibility index (Phi) is 5.72. The van der Waals surface area contributed by atoms with Gasteiger partial charge in [-0.3, -0.25) is 4.79 Å². The second-order valence-corrected chi connectivity index (χ2v) is 7.65. The molecule has 2 atom stereocenters. The van der Waals surface area contributed by atoms with E-state index < -0.39 is 0 Å². The number of rotatable bonds is 8. The van der Waals surface area contributed by atoms with Crippen LogP contribution in [0.3, 0.4) is 0 Å². The van der Waals surface area contributed by atoms with Gasteiger partial charge in [-0.05, 0) is 62.7 Å². The van der Waals surface area contributed by atoms with Crippen LogP contribution in [0.2, 0.25) is 0 Å². The minimum Gasteiger partial charge on any atom is -0.486 e. The number of hydrogen-bond donors (Lipinski definition) is 2. The van der Waals surface area contributed by atoms with E-state index in [1.807, 2.05) is 36.4 Å². The van der Waals surface area contributed by atoms with Crippen molar-refractivity contribution in [1.82, 2.24) is 15.8 Å². The van der Waals surface area contributed by atoms with E-state index in [9.17, 15) is 4.79 Å². The predicted molar refractivity (Wildman–Crippen MR) is 101 cm³/mol. The van der Waals surface area contributed by atoms with Crippen LogP contribution in [0.1, 0.15) is 37.1 Å². The third-order valence-corrected chi connectivity index (χ3v) is 5.36. The van der Waals surface area contributed by atoms with Gasteiger partial charge in [0.1, 0.15) is 12.4 Å². The summed E-state index contributed by atoms with van der Waals surface area (Å²) >= 11 is 0. The van der Waals surface area contributed by atoms with Crippen LogP contribution in [0.5, 0.6) is 5.75 Å². The molecule has 2 aliphatic rings. The number of hydrogen-bond acceptors (Lipinski definition) is 5. The van der Waals surface area contributed by atoms with E-state index in [0.29, 0.717) is 30.9 Å². The Bertz CT molecular complexity index is 742. The number of carbonyl (C=O) groups excluding carboxylic acids is 1. The summed E-state index contributed by atoms with van der Waals surface area (Å²) in [5, 5.41) is 10.8. The first-order valence-corrected chi connectivity index (χ1v) is 9.88. The molecule has 1 aromatic heterocycles. The number of benzene rings is 1. The highest BCUT2D eigenvalue weighted by Crippen LogP contribution is 2.27.